The molecule has 0 aliphatic carbocycles. The van der Waals surface area contributed by atoms with E-state index in [-0.39, 0.29) is 0 Å². The fraction of sp³-hybridized carbons (Fsp3) is 0.466. The highest BCUT2D eigenvalue weighted by atomic mass is 32.1. The lowest BCUT2D eigenvalue weighted by Crippen LogP contribution is -2.02. The second kappa shape index (κ2) is 31.5. The molecule has 78 heavy (non-hydrogen) atoms. The number of unbranched alkanes of at least 4 members (excludes halogenated alkanes) is 20. The minimum Gasteiger partial charge on any atom is -0.208 e. The fourth-order valence-electron chi connectivity index (χ4n) is 11.6. The van der Waals surface area contributed by atoms with Crippen LogP contribution in [0.15, 0.2) is 115 Å². The number of nitrogens with zero attached hydrogens (tertiary/aromatic N) is 3. The van der Waals surface area contributed by atoms with Gasteiger partial charge in [0.05, 0.1) is 0 Å². The topological polar surface area (TPSA) is 38.7 Å². The van der Waals surface area contributed by atoms with Crippen LogP contribution in [-0.2, 0) is 25.7 Å². The summed E-state index contributed by atoms with van der Waals surface area (Å²) in [7, 11) is 0. The lowest BCUT2D eigenvalue weighted by molar-refractivity contribution is 0.605. The number of hydrogen-bond donors (Lipinski definition) is 0. The van der Waals surface area contributed by atoms with Crippen LogP contribution in [0.1, 0.15) is 214 Å². The van der Waals surface area contributed by atoms with Gasteiger partial charge in [0.2, 0.25) is 0 Å². The van der Waals surface area contributed by atoms with Gasteiger partial charge in [-0.25, -0.2) is 15.0 Å². The summed E-state index contributed by atoms with van der Waals surface area (Å²) in [6.45, 7) is 13.9. The van der Waals surface area contributed by atoms with Crippen molar-refractivity contribution in [1.82, 2.24) is 15.0 Å². The number of hydrogen-bond acceptors (Lipinski definition) is 5. The first-order valence-corrected chi connectivity index (χ1v) is 32.8. The third-order valence-corrected chi connectivity index (χ3v) is 18.4. The van der Waals surface area contributed by atoms with Gasteiger partial charge in [-0.3, -0.25) is 0 Å². The summed E-state index contributed by atoms with van der Waals surface area (Å²) in [4.78, 5) is 18.9. The van der Waals surface area contributed by atoms with Crippen LogP contribution in [0.5, 0.6) is 0 Å². The molecular weight excluding hydrogens is 983 g/mol. The quantitative estimate of drug-likeness (QED) is 0.0377. The van der Waals surface area contributed by atoms with E-state index in [1.165, 1.54) is 229 Å². The van der Waals surface area contributed by atoms with Crippen LogP contribution in [0.3, 0.4) is 0 Å². The molecule has 0 N–H and O–H groups in total. The Bertz CT molecular complexity index is 2960. The van der Waals surface area contributed by atoms with Gasteiger partial charge < -0.3 is 0 Å². The first-order chi connectivity index (χ1) is 38.3. The van der Waals surface area contributed by atoms with E-state index in [4.69, 9.17) is 15.0 Å². The normalized spacial score (nSPS) is 11.6. The average molecular weight is 1080 g/mol. The Morgan fingerprint density at radius 2 is 0.667 bits per heavy atom. The predicted octanol–water partition coefficient (Wildman–Crippen LogP) is 23.4. The van der Waals surface area contributed by atoms with Crippen LogP contribution in [0.2, 0.25) is 0 Å². The Kier molecular flexibility index (Phi) is 23.8. The monoisotopic (exact) mass is 1080 g/mol. The lowest BCUT2D eigenvalue weighted by Gasteiger charge is -2.20. The Morgan fingerprint density at radius 3 is 1.13 bits per heavy atom. The van der Waals surface area contributed by atoms with Gasteiger partial charge in [-0.2, -0.15) is 0 Å². The van der Waals surface area contributed by atoms with Gasteiger partial charge in [0, 0.05) is 35.8 Å². The highest BCUT2D eigenvalue weighted by molar-refractivity contribution is 7.29. The molecule has 0 unspecified atom stereocenters. The maximum Gasteiger partial charge on any atom is 0.164 e. The molecule has 0 spiro atoms. The van der Waals surface area contributed by atoms with E-state index >= 15 is 0 Å². The summed E-state index contributed by atoms with van der Waals surface area (Å²) in [5.74, 6) is 2.12. The molecule has 0 fully saturated rings. The maximum absolute atomic E-state index is 5.43. The van der Waals surface area contributed by atoms with Gasteiger partial charge >= 0.3 is 0 Å². The Morgan fingerprint density at radius 1 is 0.308 bits per heavy atom. The highest BCUT2D eigenvalue weighted by Gasteiger charge is 2.21. The zero-order chi connectivity index (χ0) is 54.3. The van der Waals surface area contributed by atoms with Crippen molar-refractivity contribution < 1.29 is 0 Å². The molecule has 3 heterocycles. The minimum absolute atomic E-state index is 0.701. The number of benzene rings is 5. The van der Waals surface area contributed by atoms with Crippen molar-refractivity contribution in [3.63, 3.8) is 0 Å². The Labute approximate surface area is 480 Å². The smallest absolute Gasteiger partial charge is 0.164 e. The van der Waals surface area contributed by atoms with Crippen molar-refractivity contribution in [3.8, 4) is 66.9 Å². The average Bonchev–Trinajstić information content (AvgIpc) is 4.08. The van der Waals surface area contributed by atoms with E-state index in [2.05, 4.69) is 157 Å². The molecule has 0 bridgehead atoms. The zero-order valence-corrected chi connectivity index (χ0v) is 50.6. The number of aromatic nitrogens is 3. The van der Waals surface area contributed by atoms with Crippen molar-refractivity contribution in [2.24, 2.45) is 0 Å². The molecule has 0 saturated carbocycles. The maximum atomic E-state index is 5.43. The SMILES string of the molecule is CCCCCCCCc1cc(-c2cc(-c3nc(-c4ccccc4)nc(-c4ccccc4)n3)cc(-c3cc(CCCCCCCC)c(-c4cc5sc(C)cc5s4)cc3CCCCCCCC)c2)c(CCCCCCCC)cc1C. The molecule has 0 aliphatic rings. The molecule has 5 heteroatoms. The summed E-state index contributed by atoms with van der Waals surface area (Å²) < 4.78 is 2.84. The van der Waals surface area contributed by atoms with Crippen molar-refractivity contribution in [2.45, 2.75) is 221 Å². The van der Waals surface area contributed by atoms with Crippen molar-refractivity contribution >= 4 is 32.1 Å². The summed E-state index contributed by atoms with van der Waals surface area (Å²) in [5, 5.41) is 0. The standard InChI is InChI=1S/C73H93N3S2/c1-7-11-15-19-23-29-41-58-50-65(59(45-54(58)5)42-30-24-20-16-12-8-2)62-47-63(49-64(48-62)73-75-71(56-37-33-27-34-38-56)74-72(76-73)57-39-35-28-36-40-57)66-51-61(44-32-26-22-18-14-10-4)67(52-60(66)43-31-25-21-17-13-9-3)68-53-70-69(78-68)46-55(6)77-70/h27-28,33-40,45-53H,7-26,29-32,41-44H2,1-6H3. The van der Waals surface area contributed by atoms with E-state index in [9.17, 15) is 0 Å². The third kappa shape index (κ3) is 16.9. The second-order valence-electron chi connectivity index (χ2n) is 22.7. The van der Waals surface area contributed by atoms with Crippen molar-refractivity contribution in [2.75, 3.05) is 0 Å². The van der Waals surface area contributed by atoms with Crippen LogP contribution >= 0.6 is 22.7 Å². The van der Waals surface area contributed by atoms with E-state index in [0.717, 1.165) is 48.2 Å². The zero-order valence-electron chi connectivity index (χ0n) is 48.9. The molecule has 5 aromatic carbocycles. The molecule has 0 radical (unpaired) electrons. The summed E-state index contributed by atoms with van der Waals surface area (Å²) in [6, 6.07) is 43.9. The summed E-state index contributed by atoms with van der Waals surface area (Å²) in [5.41, 5.74) is 17.2. The lowest BCUT2D eigenvalue weighted by atomic mass is 9.85. The van der Waals surface area contributed by atoms with Crippen LogP contribution in [-0.4, -0.2) is 15.0 Å². The van der Waals surface area contributed by atoms with E-state index in [1.54, 1.807) is 0 Å². The molecule has 8 rings (SSSR count). The molecule has 8 aromatic rings. The molecule has 412 valence electrons. The van der Waals surface area contributed by atoms with Crippen LogP contribution in [0, 0.1) is 13.8 Å². The van der Waals surface area contributed by atoms with Gasteiger partial charge in [0.1, 0.15) is 0 Å². The van der Waals surface area contributed by atoms with E-state index < -0.39 is 0 Å². The molecule has 0 atom stereocenters. The number of rotatable bonds is 34. The Balaban J connectivity index is 1.34. The van der Waals surface area contributed by atoms with Gasteiger partial charge in [0.25, 0.3) is 0 Å². The molecule has 3 aromatic heterocycles. The molecule has 3 nitrogen and oxygen atoms in total. The highest BCUT2D eigenvalue weighted by Crippen LogP contribution is 2.44. The first-order valence-electron chi connectivity index (χ1n) is 31.2. The summed E-state index contributed by atoms with van der Waals surface area (Å²) in [6.07, 6.45) is 35.3. The largest absolute Gasteiger partial charge is 0.208 e. The van der Waals surface area contributed by atoms with Gasteiger partial charge in [0.15, 0.2) is 17.5 Å². The minimum atomic E-state index is 0.701. The number of thiophene rings is 2. The van der Waals surface area contributed by atoms with Gasteiger partial charge in [-0.1, -0.05) is 235 Å². The first kappa shape index (κ1) is 58.9. The number of fused-ring (bicyclic) bond motifs is 1. The van der Waals surface area contributed by atoms with Crippen molar-refractivity contribution in [1.29, 1.82) is 0 Å². The van der Waals surface area contributed by atoms with Crippen LogP contribution < -0.4 is 0 Å². The fourth-order valence-corrected chi connectivity index (χ4v) is 14.0. The van der Waals surface area contributed by atoms with Gasteiger partial charge in [-0.15, -0.1) is 22.7 Å². The Hall–Kier alpha value is -5.23. The van der Waals surface area contributed by atoms with Crippen LogP contribution in [0.25, 0.3) is 76.3 Å². The molecular formula is C73H93N3S2. The van der Waals surface area contributed by atoms with E-state index in [1.807, 2.05) is 22.7 Å². The number of aryl methyl sites for hydroxylation is 6. The second-order valence-corrected chi connectivity index (χ2v) is 25.1. The third-order valence-electron chi connectivity index (χ3n) is 16.2. The molecule has 0 aliphatic heterocycles. The van der Waals surface area contributed by atoms with E-state index in [0.29, 0.717) is 11.6 Å². The van der Waals surface area contributed by atoms with Crippen LogP contribution in [0.4, 0.5) is 0 Å². The molecule has 0 amide bonds. The van der Waals surface area contributed by atoms with Gasteiger partial charge in [-0.05, 0) is 157 Å². The van der Waals surface area contributed by atoms with Crippen molar-refractivity contribution in [3.05, 3.63) is 148 Å². The summed E-state index contributed by atoms with van der Waals surface area (Å²) >= 11 is 3.94. The predicted molar refractivity (Wildman–Crippen MR) is 343 cm³/mol. The molecule has 0 saturated heterocycles.